The number of pyridine rings is 1. The van der Waals surface area contributed by atoms with E-state index in [2.05, 4.69) is 15.6 Å². The molecule has 1 saturated carbocycles. The largest absolute Gasteiger partial charge is 0.368 e. The van der Waals surface area contributed by atoms with E-state index < -0.39 is 6.43 Å². The Morgan fingerprint density at radius 3 is 2.41 bits per heavy atom. The van der Waals surface area contributed by atoms with E-state index in [-0.39, 0.29) is 29.5 Å². The highest BCUT2D eigenvalue weighted by Gasteiger charge is 2.23. The zero-order valence-electron chi connectivity index (χ0n) is 15.6. The maximum absolute atomic E-state index is 13.0. The summed E-state index contributed by atoms with van der Waals surface area (Å²) in [7, 11) is 0. The van der Waals surface area contributed by atoms with Crippen LogP contribution in [0.15, 0.2) is 48.7 Å². The summed E-state index contributed by atoms with van der Waals surface area (Å²) in [6, 6.07) is 11.0. The summed E-state index contributed by atoms with van der Waals surface area (Å²) in [5.41, 5.74) is 0.672. The molecule has 0 bridgehead atoms. The van der Waals surface area contributed by atoms with Crippen LogP contribution in [0.3, 0.4) is 0 Å². The number of nitrogens with zero attached hydrogens (tertiary/aromatic N) is 2. The molecule has 0 radical (unpaired) electrons. The predicted molar refractivity (Wildman–Crippen MR) is 104 cm³/mol. The Labute approximate surface area is 165 Å². The molecule has 29 heavy (non-hydrogen) atoms. The van der Waals surface area contributed by atoms with E-state index in [0.29, 0.717) is 11.2 Å². The van der Waals surface area contributed by atoms with E-state index in [4.69, 9.17) is 0 Å². The standard InChI is InChI=1S/C21H21F3N4O/c22-14-6-4-13(5-7-14)21(29)26-16-10-8-15(9-11-16)25-18-2-1-3-19-27-17(20(23)24)12-28(18)19/h1-7,12,15-16,20,25H,8-11H2,(H,26,29). The molecule has 1 fully saturated rings. The van der Waals surface area contributed by atoms with Gasteiger partial charge in [0.2, 0.25) is 0 Å². The second-order valence-corrected chi connectivity index (χ2v) is 7.28. The molecule has 2 N–H and O–H groups in total. The summed E-state index contributed by atoms with van der Waals surface area (Å²) in [6.07, 6.45) is 2.02. The van der Waals surface area contributed by atoms with Crippen molar-refractivity contribution in [3.05, 3.63) is 65.7 Å². The molecule has 0 saturated heterocycles. The van der Waals surface area contributed by atoms with Crippen molar-refractivity contribution in [2.75, 3.05) is 5.32 Å². The molecule has 0 spiro atoms. The Morgan fingerprint density at radius 1 is 1.03 bits per heavy atom. The number of fused-ring (bicyclic) bond motifs is 1. The molecule has 1 aliphatic carbocycles. The highest BCUT2D eigenvalue weighted by molar-refractivity contribution is 5.94. The van der Waals surface area contributed by atoms with Gasteiger partial charge >= 0.3 is 0 Å². The van der Waals surface area contributed by atoms with E-state index in [1.54, 1.807) is 16.5 Å². The Hall–Kier alpha value is -3.03. The third-order valence-electron chi connectivity index (χ3n) is 5.26. The lowest BCUT2D eigenvalue weighted by atomic mass is 9.91. The normalized spacial score (nSPS) is 19.4. The number of hydrogen-bond donors (Lipinski definition) is 2. The number of benzene rings is 1. The van der Waals surface area contributed by atoms with Gasteiger partial charge in [-0.25, -0.2) is 18.2 Å². The molecule has 8 heteroatoms. The molecule has 2 aromatic heterocycles. The maximum Gasteiger partial charge on any atom is 0.281 e. The molecule has 3 aromatic rings. The van der Waals surface area contributed by atoms with E-state index in [0.717, 1.165) is 31.5 Å². The van der Waals surface area contributed by atoms with Gasteiger partial charge in [-0.2, -0.15) is 0 Å². The van der Waals surface area contributed by atoms with Crippen LogP contribution in [0.5, 0.6) is 0 Å². The van der Waals surface area contributed by atoms with Gasteiger partial charge < -0.3 is 10.6 Å². The number of halogens is 3. The van der Waals surface area contributed by atoms with E-state index in [1.165, 1.54) is 30.5 Å². The molecule has 5 nitrogen and oxygen atoms in total. The third-order valence-corrected chi connectivity index (χ3v) is 5.26. The topological polar surface area (TPSA) is 58.4 Å². The van der Waals surface area contributed by atoms with Crippen molar-refractivity contribution in [1.29, 1.82) is 0 Å². The van der Waals surface area contributed by atoms with Crippen LogP contribution < -0.4 is 10.6 Å². The first kappa shape index (κ1) is 19.3. The number of anilines is 1. The number of imidazole rings is 1. The lowest BCUT2D eigenvalue weighted by molar-refractivity contribution is 0.0926. The first-order valence-corrected chi connectivity index (χ1v) is 9.59. The number of amides is 1. The number of nitrogens with one attached hydrogen (secondary N) is 2. The minimum atomic E-state index is -2.61. The monoisotopic (exact) mass is 402 g/mol. The quantitative estimate of drug-likeness (QED) is 0.658. The van der Waals surface area contributed by atoms with Crippen LogP contribution in [0.1, 0.15) is 48.2 Å². The van der Waals surface area contributed by atoms with Gasteiger partial charge in [-0.1, -0.05) is 6.07 Å². The Morgan fingerprint density at radius 2 is 1.72 bits per heavy atom. The van der Waals surface area contributed by atoms with Gasteiger partial charge in [0.25, 0.3) is 12.3 Å². The second kappa shape index (κ2) is 8.14. The van der Waals surface area contributed by atoms with Crippen LogP contribution in [0, 0.1) is 5.82 Å². The first-order chi connectivity index (χ1) is 14.0. The zero-order chi connectivity index (χ0) is 20.4. The molecular weight excluding hydrogens is 381 g/mol. The van der Waals surface area contributed by atoms with Crippen LogP contribution in [0.4, 0.5) is 19.0 Å². The Kier molecular flexibility index (Phi) is 5.42. The van der Waals surface area contributed by atoms with Gasteiger partial charge in [0.05, 0.1) is 0 Å². The van der Waals surface area contributed by atoms with Gasteiger partial charge in [0.15, 0.2) is 0 Å². The van der Waals surface area contributed by atoms with Crippen LogP contribution in [-0.4, -0.2) is 27.4 Å². The Bertz CT molecular complexity index is 995. The van der Waals surface area contributed by atoms with Crippen molar-refractivity contribution in [2.24, 2.45) is 0 Å². The highest BCUT2D eigenvalue weighted by atomic mass is 19.3. The summed E-state index contributed by atoms with van der Waals surface area (Å²) in [5.74, 6) is 0.145. The fourth-order valence-electron chi connectivity index (χ4n) is 3.71. The maximum atomic E-state index is 13.0. The smallest absolute Gasteiger partial charge is 0.281 e. The number of carbonyl (C=O) groups excluding carboxylic acids is 1. The minimum Gasteiger partial charge on any atom is -0.368 e. The fourth-order valence-corrected chi connectivity index (χ4v) is 3.71. The van der Waals surface area contributed by atoms with Crippen molar-refractivity contribution in [3.8, 4) is 0 Å². The van der Waals surface area contributed by atoms with Crippen LogP contribution in [0.2, 0.25) is 0 Å². The molecule has 0 aliphatic heterocycles. The summed E-state index contributed by atoms with van der Waals surface area (Å²) < 4.78 is 40.5. The Balaban J connectivity index is 1.35. The zero-order valence-corrected chi connectivity index (χ0v) is 15.6. The summed E-state index contributed by atoms with van der Waals surface area (Å²) in [4.78, 5) is 16.2. The number of rotatable bonds is 5. The molecule has 2 heterocycles. The van der Waals surface area contributed by atoms with E-state index in [9.17, 15) is 18.0 Å². The average Bonchev–Trinajstić information content (AvgIpc) is 3.16. The summed E-state index contributed by atoms with van der Waals surface area (Å²) in [6.45, 7) is 0. The average molecular weight is 402 g/mol. The second-order valence-electron chi connectivity index (χ2n) is 7.28. The predicted octanol–water partition coefficient (Wildman–Crippen LogP) is 4.56. The molecule has 1 aromatic carbocycles. The molecule has 0 unspecified atom stereocenters. The highest BCUT2D eigenvalue weighted by Crippen LogP contribution is 2.25. The van der Waals surface area contributed by atoms with Crippen molar-refractivity contribution in [3.63, 3.8) is 0 Å². The fraction of sp³-hybridized carbons (Fsp3) is 0.333. The van der Waals surface area contributed by atoms with Gasteiger partial charge in [-0.15, -0.1) is 0 Å². The number of alkyl halides is 2. The van der Waals surface area contributed by atoms with Crippen molar-refractivity contribution < 1.29 is 18.0 Å². The van der Waals surface area contributed by atoms with Gasteiger partial charge in [-0.3, -0.25) is 9.20 Å². The van der Waals surface area contributed by atoms with Crippen molar-refractivity contribution >= 4 is 17.4 Å². The van der Waals surface area contributed by atoms with Gasteiger partial charge in [0.1, 0.15) is 23.0 Å². The number of aromatic nitrogens is 2. The molecule has 1 amide bonds. The van der Waals surface area contributed by atoms with E-state index in [1.807, 2.05) is 6.07 Å². The number of carbonyl (C=O) groups is 1. The van der Waals surface area contributed by atoms with E-state index >= 15 is 0 Å². The lowest BCUT2D eigenvalue weighted by Crippen LogP contribution is -2.40. The molecule has 0 atom stereocenters. The first-order valence-electron chi connectivity index (χ1n) is 9.59. The van der Waals surface area contributed by atoms with Crippen molar-refractivity contribution in [1.82, 2.24) is 14.7 Å². The van der Waals surface area contributed by atoms with Crippen molar-refractivity contribution in [2.45, 2.75) is 44.2 Å². The molecule has 1 aliphatic rings. The number of hydrogen-bond acceptors (Lipinski definition) is 3. The lowest BCUT2D eigenvalue weighted by Gasteiger charge is -2.30. The SMILES string of the molecule is O=C(NC1CCC(Nc2cccc3nc(C(F)F)cn23)CC1)c1ccc(F)cc1. The minimum absolute atomic E-state index is 0.0556. The van der Waals surface area contributed by atoms with Crippen LogP contribution >= 0.6 is 0 Å². The summed E-state index contributed by atoms with van der Waals surface area (Å²) >= 11 is 0. The molecular formula is C21H21F3N4O. The van der Waals surface area contributed by atoms with Crippen LogP contribution in [-0.2, 0) is 0 Å². The third kappa shape index (κ3) is 4.36. The van der Waals surface area contributed by atoms with Gasteiger partial charge in [0, 0.05) is 23.8 Å². The summed E-state index contributed by atoms with van der Waals surface area (Å²) in [5, 5.41) is 6.41. The van der Waals surface area contributed by atoms with Crippen LogP contribution in [0.25, 0.3) is 5.65 Å². The molecule has 152 valence electrons. The van der Waals surface area contributed by atoms with Gasteiger partial charge in [-0.05, 0) is 62.1 Å². The molecule has 4 rings (SSSR count).